The largest absolute Gasteiger partial charge is 0.493 e. The lowest BCUT2D eigenvalue weighted by atomic mass is 10.2. The van der Waals surface area contributed by atoms with Crippen molar-refractivity contribution in [2.45, 2.75) is 11.4 Å². The summed E-state index contributed by atoms with van der Waals surface area (Å²) >= 11 is 1.61. The number of hydrogen-bond donors (Lipinski definition) is 1. The third kappa shape index (κ3) is 5.86. The zero-order chi connectivity index (χ0) is 14.8. The van der Waals surface area contributed by atoms with Gasteiger partial charge in [-0.2, -0.15) is 0 Å². The Morgan fingerprint density at radius 2 is 2.24 bits per heavy atom. The third-order valence-corrected chi connectivity index (χ3v) is 3.32. The maximum atomic E-state index is 8.70. The molecule has 0 atom stereocenters. The molecule has 1 aromatic carbocycles. The minimum atomic E-state index is 0.0861. The Balaban J connectivity index is 1.78. The molecule has 2 rings (SSSR count). The van der Waals surface area contributed by atoms with E-state index in [0.29, 0.717) is 13.0 Å². The first-order valence-corrected chi connectivity index (χ1v) is 7.58. The van der Waals surface area contributed by atoms with Crippen LogP contribution in [0.4, 0.5) is 0 Å². The Bertz CT molecular complexity index is 608. The van der Waals surface area contributed by atoms with Gasteiger partial charge in [-0.25, -0.2) is 4.98 Å². The summed E-state index contributed by atoms with van der Waals surface area (Å²) in [5.74, 6) is 7.48. The highest BCUT2D eigenvalue weighted by Crippen LogP contribution is 2.15. The van der Waals surface area contributed by atoms with Gasteiger partial charge in [0.2, 0.25) is 0 Å². The van der Waals surface area contributed by atoms with Crippen LogP contribution in [0.25, 0.3) is 0 Å². The Hall–Kier alpha value is -2.03. The zero-order valence-electron chi connectivity index (χ0n) is 11.5. The predicted octanol–water partition coefficient (Wildman–Crippen LogP) is 2.38. The highest BCUT2D eigenvalue weighted by Gasteiger charge is 1.97. The molecular weight excluding hydrogens is 284 g/mol. The number of thioether (sulfide) groups is 1. The van der Waals surface area contributed by atoms with Crippen LogP contribution in [0.5, 0.6) is 5.75 Å². The molecule has 1 aromatic heterocycles. The molecule has 0 aliphatic heterocycles. The van der Waals surface area contributed by atoms with Crippen molar-refractivity contribution in [3.8, 4) is 17.6 Å². The van der Waals surface area contributed by atoms with Crippen molar-refractivity contribution in [2.24, 2.45) is 0 Å². The van der Waals surface area contributed by atoms with E-state index in [0.717, 1.165) is 22.1 Å². The molecule has 21 heavy (non-hydrogen) atoms. The molecule has 2 aromatic rings. The molecule has 0 unspecified atom stereocenters. The molecule has 0 aliphatic carbocycles. The summed E-state index contributed by atoms with van der Waals surface area (Å²) in [6.07, 6.45) is 5.56. The first kappa shape index (κ1) is 15.4. The number of aliphatic hydroxyl groups excluding tert-OH is 1. The van der Waals surface area contributed by atoms with Gasteiger partial charge in [0.15, 0.2) is 0 Å². The molecule has 0 saturated carbocycles. The smallest absolute Gasteiger partial charge is 0.120 e. The molecule has 1 N–H and O–H groups in total. The van der Waals surface area contributed by atoms with Crippen molar-refractivity contribution < 1.29 is 9.84 Å². The number of rotatable bonds is 6. The fourth-order valence-corrected chi connectivity index (χ4v) is 2.20. The van der Waals surface area contributed by atoms with Crippen LogP contribution in [-0.4, -0.2) is 34.0 Å². The third-order valence-electron chi connectivity index (χ3n) is 2.45. The minimum Gasteiger partial charge on any atom is -0.493 e. The van der Waals surface area contributed by atoms with E-state index in [9.17, 15) is 0 Å². The molecule has 108 valence electrons. The molecule has 0 spiro atoms. The van der Waals surface area contributed by atoms with Gasteiger partial charge in [0.25, 0.3) is 0 Å². The van der Waals surface area contributed by atoms with E-state index in [-0.39, 0.29) is 6.61 Å². The first-order chi connectivity index (χ1) is 10.4. The molecular formula is C16H16N2O2S. The quantitative estimate of drug-likeness (QED) is 0.504. The van der Waals surface area contributed by atoms with Crippen LogP contribution in [0.3, 0.4) is 0 Å². The fourth-order valence-electron chi connectivity index (χ4n) is 1.55. The summed E-state index contributed by atoms with van der Waals surface area (Å²) in [4.78, 5) is 8.20. The van der Waals surface area contributed by atoms with Gasteiger partial charge in [0.05, 0.1) is 19.4 Å². The molecule has 0 bridgehead atoms. The Kier molecular flexibility index (Phi) is 6.59. The summed E-state index contributed by atoms with van der Waals surface area (Å²) in [6, 6.07) is 7.64. The zero-order valence-corrected chi connectivity index (χ0v) is 12.3. The van der Waals surface area contributed by atoms with Gasteiger partial charge in [-0.15, -0.1) is 11.8 Å². The van der Waals surface area contributed by atoms with Crippen molar-refractivity contribution in [1.29, 1.82) is 0 Å². The van der Waals surface area contributed by atoms with Gasteiger partial charge in [-0.3, -0.25) is 4.98 Å². The summed E-state index contributed by atoms with van der Waals surface area (Å²) in [5.41, 5.74) is 0.891. The topological polar surface area (TPSA) is 55.2 Å². The monoisotopic (exact) mass is 300 g/mol. The van der Waals surface area contributed by atoms with E-state index in [4.69, 9.17) is 9.84 Å². The maximum absolute atomic E-state index is 8.70. The number of benzene rings is 1. The number of nitrogens with zero attached hydrogens (tertiary/aromatic N) is 2. The summed E-state index contributed by atoms with van der Waals surface area (Å²) in [5, 5.41) is 9.59. The Labute approximate surface area is 128 Å². The van der Waals surface area contributed by atoms with Crippen molar-refractivity contribution in [1.82, 2.24) is 9.97 Å². The van der Waals surface area contributed by atoms with Gasteiger partial charge in [-0.1, -0.05) is 17.9 Å². The normalized spacial score (nSPS) is 9.76. The molecule has 4 nitrogen and oxygen atoms in total. The van der Waals surface area contributed by atoms with Gasteiger partial charge in [0, 0.05) is 30.1 Å². The van der Waals surface area contributed by atoms with Crippen LogP contribution in [0, 0.1) is 11.8 Å². The maximum Gasteiger partial charge on any atom is 0.120 e. The molecule has 0 fully saturated rings. The number of aromatic nitrogens is 2. The summed E-state index contributed by atoms with van der Waals surface area (Å²) in [6.45, 7) is 0.678. The number of aliphatic hydroxyl groups is 1. The van der Waals surface area contributed by atoms with Crippen LogP contribution >= 0.6 is 11.8 Å². The highest BCUT2D eigenvalue weighted by molar-refractivity contribution is 7.99. The lowest BCUT2D eigenvalue weighted by Gasteiger charge is -2.05. The van der Waals surface area contributed by atoms with Crippen molar-refractivity contribution in [3.63, 3.8) is 0 Å². The van der Waals surface area contributed by atoms with E-state index >= 15 is 0 Å². The van der Waals surface area contributed by atoms with E-state index in [2.05, 4.69) is 21.8 Å². The van der Waals surface area contributed by atoms with E-state index in [1.807, 2.05) is 24.3 Å². The minimum absolute atomic E-state index is 0.0861. The van der Waals surface area contributed by atoms with E-state index in [1.54, 1.807) is 30.4 Å². The van der Waals surface area contributed by atoms with Crippen LogP contribution in [0.15, 0.2) is 47.9 Å². The van der Waals surface area contributed by atoms with E-state index in [1.165, 1.54) is 0 Å². The summed E-state index contributed by atoms with van der Waals surface area (Å²) in [7, 11) is 0. The van der Waals surface area contributed by atoms with Crippen LogP contribution < -0.4 is 4.74 Å². The lowest BCUT2D eigenvalue weighted by molar-refractivity contribution is 0.305. The molecule has 0 radical (unpaired) electrons. The molecule has 0 aliphatic rings. The summed E-state index contributed by atoms with van der Waals surface area (Å²) < 4.78 is 5.69. The van der Waals surface area contributed by atoms with Crippen LogP contribution in [0.2, 0.25) is 0 Å². The predicted molar refractivity (Wildman–Crippen MR) is 83.3 cm³/mol. The molecule has 5 heteroatoms. The van der Waals surface area contributed by atoms with Gasteiger partial charge in [0.1, 0.15) is 10.8 Å². The lowest BCUT2D eigenvalue weighted by Crippen LogP contribution is -2.00. The van der Waals surface area contributed by atoms with Crippen molar-refractivity contribution in [2.75, 3.05) is 19.0 Å². The molecule has 1 heterocycles. The van der Waals surface area contributed by atoms with Crippen molar-refractivity contribution in [3.05, 3.63) is 48.4 Å². The standard InChI is InChI=1S/C16H16N2O2S/c19-9-2-1-4-14-5-3-6-15(12-14)20-10-11-21-16-13-17-7-8-18-16/h3,5-8,12-13,19H,2,9-11H2. The molecule has 0 amide bonds. The van der Waals surface area contributed by atoms with Crippen LogP contribution in [-0.2, 0) is 0 Å². The molecule has 0 saturated heterocycles. The van der Waals surface area contributed by atoms with Gasteiger partial charge < -0.3 is 9.84 Å². The highest BCUT2D eigenvalue weighted by atomic mass is 32.2. The number of ether oxygens (including phenoxy) is 1. The Morgan fingerprint density at radius 1 is 1.29 bits per heavy atom. The average molecular weight is 300 g/mol. The van der Waals surface area contributed by atoms with Crippen LogP contribution in [0.1, 0.15) is 12.0 Å². The van der Waals surface area contributed by atoms with Gasteiger partial charge >= 0.3 is 0 Å². The number of hydrogen-bond acceptors (Lipinski definition) is 5. The fraction of sp³-hybridized carbons (Fsp3) is 0.250. The van der Waals surface area contributed by atoms with E-state index < -0.39 is 0 Å². The first-order valence-electron chi connectivity index (χ1n) is 6.60. The van der Waals surface area contributed by atoms with Crippen molar-refractivity contribution >= 4 is 11.8 Å². The second-order valence-corrected chi connectivity index (χ2v) is 5.16. The second-order valence-electron chi connectivity index (χ2n) is 4.04. The van der Waals surface area contributed by atoms with Gasteiger partial charge in [-0.05, 0) is 18.2 Å². The second kappa shape index (κ2) is 9.01. The average Bonchev–Trinajstić information content (AvgIpc) is 2.53. The SMILES string of the molecule is OCCC#Cc1cccc(OCCSc2cnccn2)c1. The Morgan fingerprint density at radius 3 is 3.05 bits per heavy atom.